The highest BCUT2D eigenvalue weighted by molar-refractivity contribution is 5.92. The lowest BCUT2D eigenvalue weighted by molar-refractivity contribution is 0.0945. The normalized spacial score (nSPS) is 10.4. The van der Waals surface area contributed by atoms with Crippen LogP contribution in [0.4, 0.5) is 4.39 Å². The van der Waals surface area contributed by atoms with E-state index in [0.29, 0.717) is 6.54 Å². The second-order valence-corrected chi connectivity index (χ2v) is 3.40. The standard InChI is InChI=1S/C10H14FN3O/c1-14(2)7-6-12-10(15)8-4-3-5-9(11)13-8/h3-5H,6-7H2,1-2H3,(H,12,15). The summed E-state index contributed by atoms with van der Waals surface area (Å²) in [5.41, 5.74) is 0.105. The molecule has 0 aliphatic carbocycles. The van der Waals surface area contributed by atoms with E-state index in [-0.39, 0.29) is 11.6 Å². The van der Waals surface area contributed by atoms with Crippen molar-refractivity contribution in [1.29, 1.82) is 0 Å². The zero-order valence-electron chi connectivity index (χ0n) is 8.83. The number of rotatable bonds is 4. The van der Waals surface area contributed by atoms with Crippen molar-refractivity contribution in [2.45, 2.75) is 0 Å². The van der Waals surface area contributed by atoms with E-state index in [1.54, 1.807) is 0 Å². The number of nitrogens with zero attached hydrogens (tertiary/aromatic N) is 2. The fraction of sp³-hybridized carbons (Fsp3) is 0.400. The van der Waals surface area contributed by atoms with Gasteiger partial charge >= 0.3 is 0 Å². The average molecular weight is 211 g/mol. The van der Waals surface area contributed by atoms with Crippen LogP contribution in [0.1, 0.15) is 10.5 Å². The number of hydrogen-bond acceptors (Lipinski definition) is 3. The first-order valence-corrected chi connectivity index (χ1v) is 4.65. The van der Waals surface area contributed by atoms with Gasteiger partial charge in [0.1, 0.15) is 5.69 Å². The highest BCUT2D eigenvalue weighted by Gasteiger charge is 2.06. The number of hydrogen-bond donors (Lipinski definition) is 1. The highest BCUT2D eigenvalue weighted by atomic mass is 19.1. The van der Waals surface area contributed by atoms with Crippen molar-refractivity contribution >= 4 is 5.91 Å². The molecule has 0 aliphatic heterocycles. The molecule has 1 aromatic rings. The number of amides is 1. The van der Waals surface area contributed by atoms with E-state index in [4.69, 9.17) is 0 Å². The van der Waals surface area contributed by atoms with Crippen LogP contribution in [0.2, 0.25) is 0 Å². The summed E-state index contributed by atoms with van der Waals surface area (Å²) >= 11 is 0. The molecule has 15 heavy (non-hydrogen) atoms. The topological polar surface area (TPSA) is 45.2 Å². The van der Waals surface area contributed by atoms with Gasteiger partial charge in [-0.05, 0) is 26.2 Å². The Morgan fingerprint density at radius 2 is 2.27 bits per heavy atom. The first-order chi connectivity index (χ1) is 7.09. The molecule has 5 heteroatoms. The Morgan fingerprint density at radius 1 is 1.53 bits per heavy atom. The number of likely N-dealkylation sites (N-methyl/N-ethyl adjacent to an activating group) is 1. The minimum Gasteiger partial charge on any atom is -0.349 e. The number of nitrogens with one attached hydrogen (secondary N) is 1. The van der Waals surface area contributed by atoms with Crippen LogP contribution in [0.15, 0.2) is 18.2 Å². The van der Waals surface area contributed by atoms with Crippen LogP contribution in [-0.2, 0) is 0 Å². The first-order valence-electron chi connectivity index (χ1n) is 4.65. The van der Waals surface area contributed by atoms with Gasteiger partial charge in [0.2, 0.25) is 5.95 Å². The number of pyridine rings is 1. The summed E-state index contributed by atoms with van der Waals surface area (Å²) in [7, 11) is 3.82. The molecule has 0 saturated heterocycles. The number of carbonyl (C=O) groups excluding carboxylic acids is 1. The van der Waals surface area contributed by atoms with Gasteiger partial charge in [0.05, 0.1) is 0 Å². The maximum Gasteiger partial charge on any atom is 0.270 e. The molecule has 0 atom stereocenters. The third kappa shape index (κ3) is 4.03. The molecular formula is C10H14FN3O. The largest absolute Gasteiger partial charge is 0.349 e. The van der Waals surface area contributed by atoms with E-state index in [0.717, 1.165) is 6.54 Å². The third-order valence-electron chi connectivity index (χ3n) is 1.79. The van der Waals surface area contributed by atoms with Crippen molar-refractivity contribution in [2.24, 2.45) is 0 Å². The Kier molecular flexibility index (Phi) is 4.17. The molecule has 0 aliphatic rings. The molecule has 1 heterocycles. The Hall–Kier alpha value is -1.49. The minimum atomic E-state index is -0.643. The van der Waals surface area contributed by atoms with Crippen LogP contribution in [0.25, 0.3) is 0 Å². The first kappa shape index (κ1) is 11.6. The summed E-state index contributed by atoms with van der Waals surface area (Å²) in [6, 6.07) is 4.15. The van der Waals surface area contributed by atoms with E-state index in [2.05, 4.69) is 10.3 Å². The van der Waals surface area contributed by atoms with E-state index >= 15 is 0 Å². The summed E-state index contributed by atoms with van der Waals surface area (Å²) in [6.45, 7) is 1.26. The second kappa shape index (κ2) is 5.41. The van der Waals surface area contributed by atoms with Crippen molar-refractivity contribution in [3.05, 3.63) is 29.8 Å². The molecular weight excluding hydrogens is 197 g/mol. The molecule has 0 spiro atoms. The summed E-state index contributed by atoms with van der Waals surface area (Å²) in [5, 5.41) is 2.65. The fourth-order valence-electron chi connectivity index (χ4n) is 1.02. The summed E-state index contributed by atoms with van der Waals surface area (Å²) in [5.74, 6) is -0.994. The second-order valence-electron chi connectivity index (χ2n) is 3.40. The van der Waals surface area contributed by atoms with Crippen molar-refractivity contribution in [3.63, 3.8) is 0 Å². The lowest BCUT2D eigenvalue weighted by atomic mass is 10.3. The molecule has 0 fully saturated rings. The lowest BCUT2D eigenvalue weighted by Gasteiger charge is -2.09. The van der Waals surface area contributed by atoms with Crippen LogP contribution in [0, 0.1) is 5.95 Å². The Morgan fingerprint density at radius 3 is 2.87 bits per heavy atom. The van der Waals surface area contributed by atoms with Crippen LogP contribution < -0.4 is 5.32 Å². The Balaban J connectivity index is 2.47. The molecule has 0 bridgehead atoms. The van der Waals surface area contributed by atoms with Gasteiger partial charge in [0.25, 0.3) is 5.91 Å². The smallest absolute Gasteiger partial charge is 0.270 e. The summed E-state index contributed by atoms with van der Waals surface area (Å²) in [4.78, 5) is 16.8. The van der Waals surface area contributed by atoms with Crippen LogP contribution in [0.5, 0.6) is 0 Å². The molecule has 1 rings (SSSR count). The summed E-state index contributed by atoms with van der Waals surface area (Å²) < 4.78 is 12.7. The van der Waals surface area contributed by atoms with E-state index < -0.39 is 5.95 Å². The highest BCUT2D eigenvalue weighted by Crippen LogP contribution is 1.97. The third-order valence-corrected chi connectivity index (χ3v) is 1.79. The molecule has 82 valence electrons. The van der Waals surface area contributed by atoms with Crippen LogP contribution >= 0.6 is 0 Å². The van der Waals surface area contributed by atoms with Gasteiger partial charge in [-0.1, -0.05) is 6.07 Å². The molecule has 4 nitrogen and oxygen atoms in total. The van der Waals surface area contributed by atoms with E-state index in [1.165, 1.54) is 18.2 Å². The molecule has 0 unspecified atom stereocenters. The SMILES string of the molecule is CN(C)CCNC(=O)c1cccc(F)n1. The molecule has 0 saturated carbocycles. The van der Waals surface area contributed by atoms with Gasteiger partial charge in [0.15, 0.2) is 0 Å². The zero-order valence-corrected chi connectivity index (χ0v) is 8.83. The molecule has 1 N–H and O–H groups in total. The number of carbonyl (C=O) groups is 1. The maximum atomic E-state index is 12.7. The van der Waals surface area contributed by atoms with Gasteiger partial charge < -0.3 is 10.2 Å². The van der Waals surface area contributed by atoms with Gasteiger partial charge in [0, 0.05) is 13.1 Å². The van der Waals surface area contributed by atoms with Gasteiger partial charge in [-0.15, -0.1) is 0 Å². The zero-order chi connectivity index (χ0) is 11.3. The number of aromatic nitrogens is 1. The van der Waals surface area contributed by atoms with Crippen molar-refractivity contribution in [1.82, 2.24) is 15.2 Å². The minimum absolute atomic E-state index is 0.105. The lowest BCUT2D eigenvalue weighted by Crippen LogP contribution is -2.31. The predicted octanol–water partition coefficient (Wildman–Crippen LogP) is 0.512. The fourth-order valence-corrected chi connectivity index (χ4v) is 1.02. The van der Waals surface area contributed by atoms with Crippen LogP contribution in [0.3, 0.4) is 0 Å². The Bertz CT molecular complexity index is 341. The molecule has 0 aromatic carbocycles. The van der Waals surface area contributed by atoms with Crippen molar-refractivity contribution in [2.75, 3.05) is 27.2 Å². The molecule has 0 radical (unpaired) electrons. The van der Waals surface area contributed by atoms with Crippen molar-refractivity contribution in [3.8, 4) is 0 Å². The van der Waals surface area contributed by atoms with Crippen LogP contribution in [-0.4, -0.2) is 43.0 Å². The van der Waals surface area contributed by atoms with Gasteiger partial charge in [-0.2, -0.15) is 4.39 Å². The molecule has 1 aromatic heterocycles. The maximum absolute atomic E-state index is 12.7. The summed E-state index contributed by atoms with van der Waals surface area (Å²) in [6.07, 6.45) is 0. The molecule has 1 amide bonds. The predicted molar refractivity (Wildman–Crippen MR) is 55.1 cm³/mol. The number of halogens is 1. The Labute approximate surface area is 88.1 Å². The van der Waals surface area contributed by atoms with E-state index in [9.17, 15) is 9.18 Å². The van der Waals surface area contributed by atoms with Gasteiger partial charge in [-0.25, -0.2) is 4.98 Å². The van der Waals surface area contributed by atoms with Crippen molar-refractivity contribution < 1.29 is 9.18 Å². The monoisotopic (exact) mass is 211 g/mol. The van der Waals surface area contributed by atoms with E-state index in [1.807, 2.05) is 19.0 Å². The average Bonchev–Trinajstić information content (AvgIpc) is 2.17. The van der Waals surface area contributed by atoms with Gasteiger partial charge in [-0.3, -0.25) is 4.79 Å². The quantitative estimate of drug-likeness (QED) is 0.738.